The van der Waals surface area contributed by atoms with E-state index in [2.05, 4.69) is 27.0 Å². The molecule has 3 nitrogen and oxygen atoms in total. The van der Waals surface area contributed by atoms with Gasteiger partial charge in [0.2, 0.25) is 0 Å². The maximum Gasteiger partial charge on any atom is 0.199 e. The smallest absolute Gasteiger partial charge is 0.199 e. The van der Waals surface area contributed by atoms with Crippen LogP contribution in [0.5, 0.6) is 0 Å². The molecule has 0 amide bonds. The number of nitrogens with two attached hydrogens (primary N) is 1. The highest BCUT2D eigenvalue weighted by Crippen LogP contribution is 2.24. The predicted molar refractivity (Wildman–Crippen MR) is 73.5 cm³/mol. The summed E-state index contributed by atoms with van der Waals surface area (Å²) in [5, 5.41) is 0. The number of oxazole rings is 1. The fourth-order valence-electron chi connectivity index (χ4n) is 2.33. The van der Waals surface area contributed by atoms with Crippen molar-refractivity contribution in [3.05, 3.63) is 51.6 Å². The van der Waals surface area contributed by atoms with Crippen molar-refractivity contribution in [2.45, 2.75) is 31.7 Å². The highest BCUT2D eigenvalue weighted by molar-refractivity contribution is 9.10. The zero-order valence-electron chi connectivity index (χ0n) is 10.0. The monoisotopic (exact) mass is 306 g/mol. The Balaban J connectivity index is 1.84. The first-order valence-corrected chi connectivity index (χ1v) is 6.98. The Bertz CT molecular complexity index is 565. The van der Waals surface area contributed by atoms with Gasteiger partial charge in [0.15, 0.2) is 5.89 Å². The molecule has 1 heterocycles. The fourth-order valence-corrected chi connectivity index (χ4v) is 2.76. The van der Waals surface area contributed by atoms with Gasteiger partial charge in [-0.3, -0.25) is 0 Å². The number of aromatic nitrogens is 1. The van der Waals surface area contributed by atoms with Gasteiger partial charge < -0.3 is 10.2 Å². The number of aryl methyl sites for hydroxylation is 1. The van der Waals surface area contributed by atoms with Crippen LogP contribution in [0.15, 0.2) is 33.2 Å². The zero-order valence-corrected chi connectivity index (χ0v) is 11.6. The summed E-state index contributed by atoms with van der Waals surface area (Å²) >= 11 is 3.55. The lowest BCUT2D eigenvalue weighted by atomic mass is 9.98. The second-order valence-corrected chi connectivity index (χ2v) is 5.60. The molecule has 1 aromatic heterocycles. The first-order valence-electron chi connectivity index (χ1n) is 6.19. The molecule has 3 rings (SSSR count). The molecule has 4 heteroatoms. The average Bonchev–Trinajstić information content (AvgIpc) is 2.73. The Morgan fingerprint density at radius 2 is 2.22 bits per heavy atom. The summed E-state index contributed by atoms with van der Waals surface area (Å²) in [7, 11) is 0. The van der Waals surface area contributed by atoms with E-state index in [-0.39, 0.29) is 6.04 Å². The lowest BCUT2D eigenvalue weighted by molar-refractivity contribution is 0.427. The quantitative estimate of drug-likeness (QED) is 0.928. The minimum absolute atomic E-state index is 0.224. The topological polar surface area (TPSA) is 52.0 Å². The van der Waals surface area contributed by atoms with Crippen molar-refractivity contribution in [2.75, 3.05) is 0 Å². The molecule has 94 valence electrons. The minimum Gasteiger partial charge on any atom is -0.445 e. The second kappa shape index (κ2) is 4.86. The van der Waals surface area contributed by atoms with Crippen molar-refractivity contribution in [1.82, 2.24) is 4.98 Å². The van der Waals surface area contributed by atoms with Crippen LogP contribution in [-0.2, 0) is 19.3 Å². The van der Waals surface area contributed by atoms with Gasteiger partial charge in [-0.05, 0) is 24.5 Å². The Labute approximate surface area is 115 Å². The summed E-state index contributed by atoms with van der Waals surface area (Å²) in [6.45, 7) is 0. The number of halogens is 1. The first kappa shape index (κ1) is 11.9. The van der Waals surface area contributed by atoms with Gasteiger partial charge in [-0.2, -0.15) is 0 Å². The Morgan fingerprint density at radius 3 is 3.06 bits per heavy atom. The van der Waals surface area contributed by atoms with Crippen molar-refractivity contribution < 1.29 is 4.42 Å². The van der Waals surface area contributed by atoms with E-state index >= 15 is 0 Å². The number of hydrogen-bond acceptors (Lipinski definition) is 3. The molecular weight excluding hydrogens is 292 g/mol. The molecular formula is C14H15BrN2O. The van der Waals surface area contributed by atoms with Crippen molar-refractivity contribution in [3.63, 3.8) is 0 Å². The summed E-state index contributed by atoms with van der Waals surface area (Å²) in [6.07, 6.45) is 3.49. The number of fused-ring (bicyclic) bond motifs is 1. The molecule has 1 aliphatic rings. The van der Waals surface area contributed by atoms with Crippen molar-refractivity contribution in [3.8, 4) is 0 Å². The van der Waals surface area contributed by atoms with Crippen LogP contribution in [0.4, 0.5) is 0 Å². The molecule has 0 bridgehead atoms. The van der Waals surface area contributed by atoms with E-state index < -0.39 is 0 Å². The summed E-state index contributed by atoms with van der Waals surface area (Å²) in [4.78, 5) is 4.58. The Kier molecular flexibility index (Phi) is 3.22. The summed E-state index contributed by atoms with van der Waals surface area (Å²) in [5.41, 5.74) is 8.23. The molecule has 1 unspecified atom stereocenters. The molecule has 0 spiro atoms. The van der Waals surface area contributed by atoms with Crippen LogP contribution >= 0.6 is 15.9 Å². The Hall–Kier alpha value is -1.13. The van der Waals surface area contributed by atoms with Gasteiger partial charge in [0.25, 0.3) is 0 Å². The van der Waals surface area contributed by atoms with Crippen molar-refractivity contribution >= 4 is 15.9 Å². The number of hydrogen-bond donors (Lipinski definition) is 1. The first-order chi connectivity index (χ1) is 8.72. The lowest BCUT2D eigenvalue weighted by Crippen LogP contribution is -2.27. The third-order valence-corrected chi connectivity index (χ3v) is 4.10. The van der Waals surface area contributed by atoms with Gasteiger partial charge >= 0.3 is 0 Å². The van der Waals surface area contributed by atoms with Crippen LogP contribution < -0.4 is 5.73 Å². The molecule has 0 radical (unpaired) electrons. The molecule has 1 atom stereocenters. The summed E-state index contributed by atoms with van der Waals surface area (Å²) in [6, 6.07) is 8.38. The molecule has 0 saturated heterocycles. The van der Waals surface area contributed by atoms with Gasteiger partial charge in [-0.15, -0.1) is 0 Å². The number of nitrogens with zero attached hydrogens (tertiary/aromatic N) is 1. The molecule has 18 heavy (non-hydrogen) atoms. The van der Waals surface area contributed by atoms with Crippen molar-refractivity contribution in [1.29, 1.82) is 0 Å². The third-order valence-electron chi connectivity index (χ3n) is 3.32. The molecule has 0 saturated carbocycles. The third kappa shape index (κ3) is 2.35. The minimum atomic E-state index is 0.224. The largest absolute Gasteiger partial charge is 0.445 e. The summed E-state index contributed by atoms with van der Waals surface area (Å²) in [5.74, 6) is 1.77. The van der Waals surface area contributed by atoms with Crippen LogP contribution in [0.25, 0.3) is 0 Å². The average molecular weight is 307 g/mol. The molecule has 0 fully saturated rings. The number of benzene rings is 1. The zero-order chi connectivity index (χ0) is 12.5. The van der Waals surface area contributed by atoms with Gasteiger partial charge in [0, 0.05) is 16.9 Å². The number of rotatable bonds is 2. The van der Waals surface area contributed by atoms with E-state index in [4.69, 9.17) is 10.2 Å². The standard InChI is InChI=1S/C14H15BrN2O/c15-11-4-2-1-3-9(11)7-14-17-12-6-5-10(16)8-13(12)18-14/h1-4,10H,5-8,16H2. The summed E-state index contributed by atoms with van der Waals surface area (Å²) < 4.78 is 6.92. The Morgan fingerprint density at radius 1 is 1.39 bits per heavy atom. The van der Waals surface area contributed by atoms with Crippen LogP contribution in [0.3, 0.4) is 0 Å². The normalized spacial score (nSPS) is 18.7. The van der Waals surface area contributed by atoms with Gasteiger partial charge in [-0.1, -0.05) is 34.1 Å². The molecule has 2 N–H and O–H groups in total. The second-order valence-electron chi connectivity index (χ2n) is 4.75. The van der Waals surface area contributed by atoms with Gasteiger partial charge in [0.1, 0.15) is 5.76 Å². The highest BCUT2D eigenvalue weighted by Gasteiger charge is 2.21. The SMILES string of the molecule is NC1CCc2nc(Cc3ccccc3Br)oc2C1. The van der Waals surface area contributed by atoms with Crippen molar-refractivity contribution in [2.24, 2.45) is 5.73 Å². The van der Waals surface area contributed by atoms with E-state index in [1.165, 1.54) is 5.56 Å². The maximum absolute atomic E-state index is 5.94. The molecule has 2 aromatic rings. The molecule has 1 aliphatic carbocycles. The van der Waals surface area contributed by atoms with Crippen LogP contribution in [-0.4, -0.2) is 11.0 Å². The predicted octanol–water partition coefficient (Wildman–Crippen LogP) is 2.84. The fraction of sp³-hybridized carbons (Fsp3) is 0.357. The van der Waals surface area contributed by atoms with Gasteiger partial charge in [0.05, 0.1) is 12.1 Å². The van der Waals surface area contributed by atoms with E-state index in [0.29, 0.717) is 0 Å². The van der Waals surface area contributed by atoms with E-state index in [0.717, 1.165) is 47.5 Å². The van der Waals surface area contributed by atoms with Crippen LogP contribution in [0, 0.1) is 0 Å². The molecule has 0 aliphatic heterocycles. The maximum atomic E-state index is 5.94. The van der Waals surface area contributed by atoms with Gasteiger partial charge in [-0.25, -0.2) is 4.98 Å². The lowest BCUT2D eigenvalue weighted by Gasteiger charge is -2.14. The highest BCUT2D eigenvalue weighted by atomic mass is 79.9. The van der Waals surface area contributed by atoms with E-state index in [1.807, 2.05) is 18.2 Å². The van der Waals surface area contributed by atoms with Crippen LogP contribution in [0.1, 0.15) is 29.3 Å². The van der Waals surface area contributed by atoms with E-state index in [9.17, 15) is 0 Å². The van der Waals surface area contributed by atoms with E-state index in [1.54, 1.807) is 0 Å². The van der Waals surface area contributed by atoms with Crippen LogP contribution in [0.2, 0.25) is 0 Å². The molecule has 1 aromatic carbocycles.